The minimum atomic E-state index is -0.823. The largest absolute Gasteiger partial charge is 0.457 e. The summed E-state index contributed by atoms with van der Waals surface area (Å²) in [5.74, 6) is -0.801. The van der Waals surface area contributed by atoms with E-state index in [2.05, 4.69) is 26.2 Å². The molecule has 0 aliphatic carbocycles. The van der Waals surface area contributed by atoms with Gasteiger partial charge in [0.05, 0.1) is 16.6 Å². The van der Waals surface area contributed by atoms with Crippen LogP contribution >= 0.6 is 15.9 Å². The van der Waals surface area contributed by atoms with E-state index < -0.39 is 30.1 Å². The van der Waals surface area contributed by atoms with Crippen LogP contribution in [0.1, 0.15) is 26.9 Å². The molecule has 1 N–H and O–H groups in total. The summed E-state index contributed by atoms with van der Waals surface area (Å²) in [4.78, 5) is 40.8. The Balaban J connectivity index is 1.38. The summed E-state index contributed by atoms with van der Waals surface area (Å²) >= 11 is 3.32. The van der Waals surface area contributed by atoms with Crippen molar-refractivity contribution in [3.8, 4) is 0 Å². The minimum absolute atomic E-state index is 0.0668. The van der Waals surface area contributed by atoms with Gasteiger partial charge in [0.25, 0.3) is 5.91 Å². The zero-order valence-corrected chi connectivity index (χ0v) is 18.2. The quantitative estimate of drug-likeness (QED) is 0.519. The number of anilines is 1. The van der Waals surface area contributed by atoms with Gasteiger partial charge >= 0.3 is 11.7 Å². The minimum Gasteiger partial charge on any atom is -0.457 e. The molecular formula is C22H18BrN3O6. The first-order chi connectivity index (χ1) is 15.5. The third kappa shape index (κ3) is 5.10. The first-order valence-corrected chi connectivity index (χ1v) is 10.4. The predicted molar refractivity (Wildman–Crippen MR) is 117 cm³/mol. The van der Waals surface area contributed by atoms with Crippen molar-refractivity contribution in [1.82, 2.24) is 9.55 Å². The van der Waals surface area contributed by atoms with E-state index in [1.807, 2.05) is 0 Å². The molecule has 0 spiro atoms. The Bertz CT molecular complexity index is 1170. The standard InChI is InChI=1S/C22H18BrN3O6/c23-16-11-26(22(29)25-19(16)24-20(27)14-7-3-1-4-8-14)17-12-30-18(32-17)13-31-21(28)15-9-5-2-6-10-15/h1-11,17-18H,12-13H2,(H,24,25,27,29)/t17-,18+/m1/s1. The predicted octanol–water partition coefficient (Wildman–Crippen LogP) is 2.99. The van der Waals surface area contributed by atoms with Crippen molar-refractivity contribution in [3.63, 3.8) is 0 Å². The summed E-state index contributed by atoms with van der Waals surface area (Å²) in [6.45, 7) is -0.0594. The van der Waals surface area contributed by atoms with E-state index in [0.29, 0.717) is 15.6 Å². The lowest BCUT2D eigenvalue weighted by atomic mass is 10.2. The molecule has 0 radical (unpaired) electrons. The number of nitrogens with one attached hydrogen (secondary N) is 1. The van der Waals surface area contributed by atoms with E-state index in [-0.39, 0.29) is 19.0 Å². The zero-order chi connectivity index (χ0) is 22.5. The van der Waals surface area contributed by atoms with Crippen molar-refractivity contribution in [2.75, 3.05) is 18.5 Å². The Labute approximate surface area is 191 Å². The molecule has 0 unspecified atom stereocenters. The highest BCUT2D eigenvalue weighted by Gasteiger charge is 2.30. The summed E-state index contributed by atoms with van der Waals surface area (Å²) in [5.41, 5.74) is 0.220. The van der Waals surface area contributed by atoms with Crippen LogP contribution in [-0.4, -0.2) is 40.9 Å². The molecule has 1 aliphatic rings. The Hall–Kier alpha value is -3.34. The smallest absolute Gasteiger partial charge is 0.351 e. The average Bonchev–Trinajstić information content (AvgIpc) is 3.29. The van der Waals surface area contributed by atoms with Crippen LogP contribution in [0, 0.1) is 0 Å². The van der Waals surface area contributed by atoms with Gasteiger partial charge in [-0.05, 0) is 40.2 Å². The number of carbonyl (C=O) groups is 2. The lowest BCUT2D eigenvalue weighted by molar-refractivity contribution is -0.103. The Morgan fingerprint density at radius 2 is 1.75 bits per heavy atom. The number of aromatic nitrogens is 2. The highest BCUT2D eigenvalue weighted by molar-refractivity contribution is 9.10. The molecule has 2 atom stereocenters. The van der Waals surface area contributed by atoms with Crippen LogP contribution in [0.25, 0.3) is 0 Å². The topological polar surface area (TPSA) is 109 Å². The maximum atomic E-state index is 12.5. The van der Waals surface area contributed by atoms with Crippen LogP contribution in [-0.2, 0) is 14.2 Å². The molecule has 164 valence electrons. The van der Waals surface area contributed by atoms with Gasteiger partial charge in [0.1, 0.15) is 6.61 Å². The number of rotatable bonds is 6. The van der Waals surface area contributed by atoms with Gasteiger partial charge in [-0.1, -0.05) is 36.4 Å². The van der Waals surface area contributed by atoms with Crippen molar-refractivity contribution >= 4 is 33.6 Å². The van der Waals surface area contributed by atoms with Gasteiger partial charge in [-0.2, -0.15) is 4.98 Å². The van der Waals surface area contributed by atoms with Crippen LogP contribution in [0.3, 0.4) is 0 Å². The summed E-state index contributed by atoms with van der Waals surface area (Å²) in [6.07, 6.45) is -0.121. The fraction of sp³-hybridized carbons (Fsp3) is 0.182. The molecule has 1 saturated heterocycles. The normalized spacial score (nSPS) is 17.7. The second-order valence-corrected chi connectivity index (χ2v) is 7.62. The lowest BCUT2D eigenvalue weighted by Gasteiger charge is -2.15. The van der Waals surface area contributed by atoms with E-state index in [9.17, 15) is 14.4 Å². The van der Waals surface area contributed by atoms with E-state index in [0.717, 1.165) is 0 Å². The maximum Gasteiger partial charge on any atom is 0.351 e. The number of hydrogen-bond acceptors (Lipinski definition) is 7. The molecule has 0 bridgehead atoms. The van der Waals surface area contributed by atoms with Crippen LogP contribution in [0.4, 0.5) is 5.82 Å². The SMILES string of the molecule is O=C(Nc1nc(=O)n([C@H]2CO[C@H](COC(=O)c3ccccc3)O2)cc1Br)c1ccccc1. The number of carbonyl (C=O) groups excluding carboxylic acids is 2. The molecule has 3 aromatic rings. The summed E-state index contributed by atoms with van der Waals surface area (Å²) in [7, 11) is 0. The van der Waals surface area contributed by atoms with E-state index in [1.54, 1.807) is 60.7 Å². The molecular weight excluding hydrogens is 482 g/mol. The highest BCUT2D eigenvalue weighted by Crippen LogP contribution is 2.24. The fourth-order valence-electron chi connectivity index (χ4n) is 2.99. The van der Waals surface area contributed by atoms with Gasteiger partial charge in [-0.15, -0.1) is 0 Å². The average molecular weight is 500 g/mol. The Morgan fingerprint density at radius 3 is 2.44 bits per heavy atom. The van der Waals surface area contributed by atoms with E-state index >= 15 is 0 Å². The van der Waals surface area contributed by atoms with Gasteiger partial charge in [-0.25, -0.2) is 9.59 Å². The van der Waals surface area contributed by atoms with Gasteiger partial charge in [-0.3, -0.25) is 9.36 Å². The van der Waals surface area contributed by atoms with Crippen LogP contribution < -0.4 is 11.0 Å². The Morgan fingerprint density at radius 1 is 1.09 bits per heavy atom. The second-order valence-electron chi connectivity index (χ2n) is 6.77. The number of halogens is 1. The van der Waals surface area contributed by atoms with Crippen molar-refractivity contribution in [2.45, 2.75) is 12.5 Å². The highest BCUT2D eigenvalue weighted by atomic mass is 79.9. The van der Waals surface area contributed by atoms with Crippen LogP contribution in [0.5, 0.6) is 0 Å². The maximum absolute atomic E-state index is 12.5. The molecule has 9 nitrogen and oxygen atoms in total. The summed E-state index contributed by atoms with van der Waals surface area (Å²) in [6, 6.07) is 17.1. The molecule has 2 heterocycles. The first-order valence-electron chi connectivity index (χ1n) is 9.65. The van der Waals surface area contributed by atoms with Crippen molar-refractivity contribution in [1.29, 1.82) is 0 Å². The van der Waals surface area contributed by atoms with Crippen LogP contribution in [0.2, 0.25) is 0 Å². The number of esters is 1. The van der Waals surface area contributed by atoms with E-state index in [4.69, 9.17) is 14.2 Å². The molecule has 1 amide bonds. The molecule has 32 heavy (non-hydrogen) atoms. The van der Waals surface area contributed by atoms with Gasteiger partial charge in [0.2, 0.25) is 0 Å². The second kappa shape index (κ2) is 9.86. The number of nitrogens with zero attached hydrogens (tertiary/aromatic N) is 2. The zero-order valence-electron chi connectivity index (χ0n) is 16.6. The molecule has 1 fully saturated rings. The molecule has 10 heteroatoms. The summed E-state index contributed by atoms with van der Waals surface area (Å²) in [5, 5.41) is 2.60. The van der Waals surface area contributed by atoms with Crippen molar-refractivity contribution in [3.05, 3.63) is 92.9 Å². The molecule has 0 saturated carbocycles. The monoisotopic (exact) mass is 499 g/mol. The van der Waals surface area contributed by atoms with E-state index in [1.165, 1.54) is 10.8 Å². The lowest BCUT2D eigenvalue weighted by Crippen LogP contribution is -2.30. The number of benzene rings is 2. The Kier molecular flexibility index (Phi) is 6.74. The number of hydrogen-bond donors (Lipinski definition) is 1. The molecule has 1 aliphatic heterocycles. The molecule has 2 aromatic carbocycles. The molecule has 1 aromatic heterocycles. The fourth-order valence-corrected chi connectivity index (χ4v) is 3.39. The van der Waals surface area contributed by atoms with Crippen molar-refractivity contribution < 1.29 is 23.8 Å². The number of ether oxygens (including phenoxy) is 3. The van der Waals surface area contributed by atoms with Crippen molar-refractivity contribution in [2.24, 2.45) is 0 Å². The summed E-state index contributed by atoms with van der Waals surface area (Å²) < 4.78 is 18.0. The van der Waals surface area contributed by atoms with Gasteiger partial charge in [0.15, 0.2) is 18.3 Å². The van der Waals surface area contributed by atoms with Gasteiger partial charge < -0.3 is 19.5 Å². The van der Waals surface area contributed by atoms with Crippen LogP contribution in [0.15, 0.2) is 76.1 Å². The molecule has 4 rings (SSSR count). The van der Waals surface area contributed by atoms with Gasteiger partial charge in [0, 0.05) is 11.8 Å². The third-order valence-corrected chi connectivity index (χ3v) is 5.16. The third-order valence-electron chi connectivity index (χ3n) is 4.58. The number of amides is 1. The first kappa shape index (κ1) is 21.9.